The van der Waals surface area contributed by atoms with Gasteiger partial charge in [0, 0.05) is 17.5 Å². The van der Waals surface area contributed by atoms with Gasteiger partial charge in [-0.1, -0.05) is 18.2 Å². The second-order valence-electron chi connectivity index (χ2n) is 10.3. The van der Waals surface area contributed by atoms with E-state index >= 15 is 0 Å². The number of halogens is 3. The van der Waals surface area contributed by atoms with Crippen molar-refractivity contribution in [3.05, 3.63) is 77.1 Å². The number of rotatable bonds is 8. The maximum absolute atomic E-state index is 13.5. The topological polar surface area (TPSA) is 97.8 Å². The van der Waals surface area contributed by atoms with Crippen molar-refractivity contribution in [1.29, 1.82) is 0 Å². The fourth-order valence-electron chi connectivity index (χ4n) is 3.88. The lowest BCUT2D eigenvalue weighted by atomic mass is 9.97. The molecule has 0 spiro atoms. The maximum Gasteiger partial charge on any atom is 0.439 e. The second-order valence-corrected chi connectivity index (χ2v) is 10.3. The number of hydroxylamine groups is 1. The zero-order valence-corrected chi connectivity index (χ0v) is 23.7. The maximum atomic E-state index is 13.5. The van der Waals surface area contributed by atoms with E-state index in [2.05, 4.69) is 10.3 Å². The van der Waals surface area contributed by atoms with Crippen LogP contribution in [0.2, 0.25) is 0 Å². The predicted molar refractivity (Wildman–Crippen MR) is 149 cm³/mol. The highest BCUT2D eigenvalue weighted by molar-refractivity contribution is 6.12. The number of hydrogen-bond donors (Lipinski definition) is 1. The van der Waals surface area contributed by atoms with Gasteiger partial charge in [-0.15, -0.1) is 0 Å². The molecule has 218 valence electrons. The smallest absolute Gasteiger partial charge is 0.439 e. The zero-order chi connectivity index (χ0) is 30.5. The fourth-order valence-corrected chi connectivity index (χ4v) is 3.88. The van der Waals surface area contributed by atoms with Crippen molar-refractivity contribution in [3.63, 3.8) is 0 Å². The van der Waals surface area contributed by atoms with Crippen LogP contribution in [0.3, 0.4) is 0 Å². The Morgan fingerprint density at radius 2 is 1.71 bits per heavy atom. The van der Waals surface area contributed by atoms with Gasteiger partial charge in [0.25, 0.3) is 0 Å². The van der Waals surface area contributed by atoms with Crippen LogP contribution in [-0.4, -0.2) is 35.0 Å². The van der Waals surface area contributed by atoms with Gasteiger partial charge in [-0.3, -0.25) is 19.4 Å². The Kier molecular flexibility index (Phi) is 9.54. The van der Waals surface area contributed by atoms with Crippen molar-refractivity contribution in [2.45, 2.75) is 59.7 Å². The molecular weight excluding hydrogens is 539 g/mol. The van der Waals surface area contributed by atoms with Crippen LogP contribution in [0.4, 0.5) is 29.3 Å². The van der Waals surface area contributed by atoms with Crippen molar-refractivity contribution in [2.75, 3.05) is 17.0 Å². The Bertz CT molecular complexity index is 1450. The lowest BCUT2D eigenvalue weighted by molar-refractivity contribution is -0.137. The van der Waals surface area contributed by atoms with Gasteiger partial charge in [0.05, 0.1) is 30.0 Å². The normalized spacial score (nSPS) is 11.6. The number of alkyl halides is 3. The van der Waals surface area contributed by atoms with Gasteiger partial charge in [-0.05, 0) is 88.6 Å². The monoisotopic (exact) mass is 571 g/mol. The summed E-state index contributed by atoms with van der Waals surface area (Å²) in [6.45, 7) is 10.1. The quantitative estimate of drug-likeness (QED) is 0.173. The first-order chi connectivity index (χ1) is 19.1. The molecule has 3 rings (SSSR count). The van der Waals surface area contributed by atoms with E-state index in [-0.39, 0.29) is 23.5 Å². The summed E-state index contributed by atoms with van der Waals surface area (Å²) in [7, 11) is 0. The number of carbonyl (C=O) groups excluding carboxylic acids is 3. The van der Waals surface area contributed by atoms with Crippen LogP contribution in [0.1, 0.15) is 61.3 Å². The van der Waals surface area contributed by atoms with Crippen molar-refractivity contribution in [3.8, 4) is 11.1 Å². The second kappa shape index (κ2) is 12.5. The third-order valence-corrected chi connectivity index (χ3v) is 5.69. The van der Waals surface area contributed by atoms with Crippen LogP contribution < -0.4 is 10.4 Å². The zero-order valence-electron chi connectivity index (χ0n) is 23.7. The van der Waals surface area contributed by atoms with Crippen molar-refractivity contribution in [1.82, 2.24) is 4.98 Å². The van der Waals surface area contributed by atoms with Crippen LogP contribution in [0.5, 0.6) is 0 Å². The van der Waals surface area contributed by atoms with Crippen molar-refractivity contribution >= 4 is 29.2 Å². The summed E-state index contributed by atoms with van der Waals surface area (Å²) in [5.74, 6) is -1.42. The molecule has 41 heavy (non-hydrogen) atoms. The van der Waals surface area contributed by atoms with E-state index in [0.717, 1.165) is 34.5 Å². The van der Waals surface area contributed by atoms with E-state index in [1.165, 1.54) is 0 Å². The minimum absolute atomic E-state index is 0.0288. The number of aryl methyl sites for hydroxylation is 2. The molecule has 0 aliphatic heterocycles. The highest BCUT2D eigenvalue weighted by Crippen LogP contribution is 2.36. The predicted octanol–water partition coefficient (Wildman–Crippen LogP) is 7.29. The van der Waals surface area contributed by atoms with Gasteiger partial charge in [0.2, 0.25) is 5.91 Å². The molecule has 1 N–H and O–H groups in total. The number of Topliss-reactive ketones (excluding diaryl/α,β-unsaturated/α-hetero) is 1. The van der Waals surface area contributed by atoms with E-state index in [1.54, 1.807) is 52.1 Å². The first-order valence-corrected chi connectivity index (χ1v) is 12.8. The molecule has 11 heteroatoms. The molecule has 8 nitrogen and oxygen atoms in total. The standard InChI is InChI=1S/C30H32F3N3O5/c1-7-40-36(28(39)41-29(4,5)6)25-12-11-22(30(31,32)33)15-24(25)35-27(38)16-26(37)21-10-8-9-20(14-21)23-13-19(3)34-17-18(23)2/h8-15,17H,7,16H2,1-6H3,(H,35,38). The minimum atomic E-state index is -4.74. The molecule has 0 bridgehead atoms. The molecule has 0 atom stereocenters. The number of benzene rings is 2. The highest BCUT2D eigenvalue weighted by atomic mass is 19.4. The summed E-state index contributed by atoms with van der Waals surface area (Å²) < 4.78 is 45.9. The minimum Gasteiger partial charge on any atom is -0.442 e. The van der Waals surface area contributed by atoms with Gasteiger partial charge in [-0.25, -0.2) is 4.79 Å². The molecule has 0 fully saturated rings. The summed E-state index contributed by atoms with van der Waals surface area (Å²) in [5.41, 5.74) is 1.00. The van der Waals surface area contributed by atoms with Gasteiger partial charge in [0.15, 0.2) is 5.78 Å². The molecule has 3 aromatic rings. The first kappa shape index (κ1) is 31.3. The van der Waals surface area contributed by atoms with Crippen LogP contribution in [0.25, 0.3) is 11.1 Å². The molecular formula is C30H32F3N3O5. The molecule has 0 aliphatic rings. The van der Waals surface area contributed by atoms with E-state index < -0.39 is 41.5 Å². The summed E-state index contributed by atoms with van der Waals surface area (Å²) in [6.07, 6.45) is -4.67. The molecule has 2 amide bonds. The first-order valence-electron chi connectivity index (χ1n) is 12.8. The Morgan fingerprint density at radius 1 is 1.00 bits per heavy atom. The molecule has 1 heterocycles. The number of ketones is 1. The summed E-state index contributed by atoms with van der Waals surface area (Å²) >= 11 is 0. The van der Waals surface area contributed by atoms with E-state index in [9.17, 15) is 27.6 Å². The van der Waals surface area contributed by atoms with Crippen LogP contribution in [0, 0.1) is 13.8 Å². The highest BCUT2D eigenvalue weighted by Gasteiger charge is 2.33. The van der Waals surface area contributed by atoms with E-state index in [4.69, 9.17) is 9.57 Å². The van der Waals surface area contributed by atoms with E-state index in [0.29, 0.717) is 11.1 Å². The lowest BCUT2D eigenvalue weighted by Crippen LogP contribution is -2.37. The average molecular weight is 572 g/mol. The molecule has 0 radical (unpaired) electrons. The average Bonchev–Trinajstić information content (AvgIpc) is 2.87. The van der Waals surface area contributed by atoms with Gasteiger partial charge in [0.1, 0.15) is 5.60 Å². The van der Waals surface area contributed by atoms with Crippen LogP contribution in [0.15, 0.2) is 54.7 Å². The number of aromatic nitrogens is 1. The number of nitrogens with zero attached hydrogens (tertiary/aromatic N) is 2. The van der Waals surface area contributed by atoms with E-state index in [1.807, 2.05) is 26.0 Å². The Morgan fingerprint density at radius 3 is 2.34 bits per heavy atom. The molecule has 0 saturated carbocycles. The fraction of sp³-hybridized carbons (Fsp3) is 0.333. The summed E-state index contributed by atoms with van der Waals surface area (Å²) in [5, 5.41) is 3.02. The molecule has 0 saturated heterocycles. The van der Waals surface area contributed by atoms with Crippen molar-refractivity contribution in [2.24, 2.45) is 0 Å². The summed E-state index contributed by atoms with van der Waals surface area (Å²) in [6, 6.07) is 11.0. The molecule has 0 unspecified atom stereocenters. The molecule has 0 aliphatic carbocycles. The lowest BCUT2D eigenvalue weighted by Gasteiger charge is -2.28. The number of anilines is 2. The molecule has 2 aromatic carbocycles. The Hall–Kier alpha value is -4.25. The van der Waals surface area contributed by atoms with Gasteiger partial charge < -0.3 is 10.1 Å². The van der Waals surface area contributed by atoms with Crippen LogP contribution in [-0.2, 0) is 20.5 Å². The Balaban J connectivity index is 1.90. The van der Waals surface area contributed by atoms with Gasteiger partial charge >= 0.3 is 12.3 Å². The largest absolute Gasteiger partial charge is 0.442 e. The van der Waals surface area contributed by atoms with Crippen LogP contribution >= 0.6 is 0 Å². The summed E-state index contributed by atoms with van der Waals surface area (Å²) in [4.78, 5) is 48.4. The number of ether oxygens (including phenoxy) is 1. The number of carbonyl (C=O) groups is 3. The molecule has 1 aromatic heterocycles. The van der Waals surface area contributed by atoms with Gasteiger partial charge in [-0.2, -0.15) is 18.2 Å². The van der Waals surface area contributed by atoms with Crippen molar-refractivity contribution < 1.29 is 37.1 Å². The number of hydrogen-bond acceptors (Lipinski definition) is 6. The number of amides is 2. The Labute approximate surface area is 236 Å². The number of nitrogens with one attached hydrogen (secondary N) is 1. The third-order valence-electron chi connectivity index (χ3n) is 5.69. The SMILES string of the molecule is CCON(C(=O)OC(C)(C)C)c1ccc(C(F)(F)F)cc1NC(=O)CC(=O)c1cccc(-c2cc(C)ncc2C)c1. The third kappa shape index (κ3) is 8.37. The number of pyridine rings is 1.